The minimum absolute atomic E-state index is 0.580. The molecule has 0 aliphatic heterocycles. The molecule has 0 radical (unpaired) electrons. The summed E-state index contributed by atoms with van der Waals surface area (Å²) in [4.78, 5) is 0. The molecule has 0 bridgehead atoms. The van der Waals surface area contributed by atoms with Gasteiger partial charge in [0.2, 0.25) is 0 Å². The Hall–Kier alpha value is -1.87. The average molecular weight is 327 g/mol. The van der Waals surface area contributed by atoms with E-state index >= 15 is 0 Å². The first kappa shape index (κ1) is 17.5. The van der Waals surface area contributed by atoms with Crippen molar-refractivity contribution in [3.63, 3.8) is 0 Å². The van der Waals surface area contributed by atoms with Crippen molar-refractivity contribution in [3.05, 3.63) is 65.2 Å². The highest BCUT2D eigenvalue weighted by molar-refractivity contribution is 7.80. The summed E-state index contributed by atoms with van der Waals surface area (Å²) in [7, 11) is 0. The average Bonchev–Trinajstić information content (AvgIpc) is 2.55. The first-order chi connectivity index (χ1) is 11.1. The molecule has 0 aliphatic rings. The fourth-order valence-corrected chi connectivity index (χ4v) is 2.86. The fourth-order valence-electron chi connectivity index (χ4n) is 2.67. The van der Waals surface area contributed by atoms with Gasteiger partial charge in [0.25, 0.3) is 0 Å². The standard InChI is InChI=1S/C20H26N2S/c1-4-17(13-18-8-6-5-7-9-18)14-21-20(23)22-19-11-10-15(2)12-16(19)3/h5-12,17H,4,13-14H2,1-3H3,(H2,21,22,23). The van der Waals surface area contributed by atoms with Gasteiger partial charge in [0.1, 0.15) is 0 Å². The van der Waals surface area contributed by atoms with E-state index in [1.54, 1.807) is 0 Å². The van der Waals surface area contributed by atoms with Crippen molar-refractivity contribution in [1.29, 1.82) is 0 Å². The zero-order chi connectivity index (χ0) is 16.7. The zero-order valence-electron chi connectivity index (χ0n) is 14.2. The predicted octanol–water partition coefficient (Wildman–Crippen LogP) is 4.86. The molecular weight excluding hydrogens is 300 g/mol. The van der Waals surface area contributed by atoms with Crippen LogP contribution in [0.1, 0.15) is 30.0 Å². The normalized spacial score (nSPS) is 11.8. The molecule has 122 valence electrons. The van der Waals surface area contributed by atoms with E-state index in [9.17, 15) is 0 Å². The molecule has 0 aliphatic carbocycles. The molecule has 2 aromatic rings. The Morgan fingerprint density at radius 2 is 1.83 bits per heavy atom. The summed E-state index contributed by atoms with van der Waals surface area (Å²) in [6, 6.07) is 17.0. The van der Waals surface area contributed by atoms with Crippen LogP contribution in [-0.4, -0.2) is 11.7 Å². The smallest absolute Gasteiger partial charge is 0.170 e. The van der Waals surface area contributed by atoms with Gasteiger partial charge in [-0.25, -0.2) is 0 Å². The van der Waals surface area contributed by atoms with E-state index in [0.717, 1.165) is 25.1 Å². The second-order valence-electron chi connectivity index (χ2n) is 6.12. The molecule has 3 heteroatoms. The summed E-state index contributed by atoms with van der Waals surface area (Å²) in [5.41, 5.74) is 4.94. The van der Waals surface area contributed by atoms with E-state index in [0.29, 0.717) is 11.0 Å². The SMILES string of the molecule is CCC(CNC(=S)Nc1ccc(C)cc1C)Cc1ccccc1. The van der Waals surface area contributed by atoms with Crippen molar-refractivity contribution in [2.45, 2.75) is 33.6 Å². The number of hydrogen-bond acceptors (Lipinski definition) is 1. The van der Waals surface area contributed by atoms with Crippen molar-refractivity contribution in [1.82, 2.24) is 5.32 Å². The number of anilines is 1. The van der Waals surface area contributed by atoms with Crippen LogP contribution in [0.3, 0.4) is 0 Å². The van der Waals surface area contributed by atoms with Crippen LogP contribution < -0.4 is 10.6 Å². The molecule has 2 nitrogen and oxygen atoms in total. The van der Waals surface area contributed by atoms with Gasteiger partial charge in [-0.15, -0.1) is 0 Å². The minimum atomic E-state index is 0.580. The maximum atomic E-state index is 5.44. The Balaban J connectivity index is 1.84. The van der Waals surface area contributed by atoms with Gasteiger partial charge in [-0.2, -0.15) is 0 Å². The first-order valence-electron chi connectivity index (χ1n) is 8.24. The molecule has 1 atom stereocenters. The Kier molecular flexibility index (Phi) is 6.60. The summed E-state index contributed by atoms with van der Waals surface area (Å²) in [5.74, 6) is 0.580. The Labute approximate surface area is 145 Å². The van der Waals surface area contributed by atoms with Crippen LogP contribution in [0, 0.1) is 19.8 Å². The van der Waals surface area contributed by atoms with Crippen LogP contribution in [0.5, 0.6) is 0 Å². The van der Waals surface area contributed by atoms with E-state index in [1.165, 1.54) is 16.7 Å². The van der Waals surface area contributed by atoms with Crippen LogP contribution in [0.25, 0.3) is 0 Å². The topological polar surface area (TPSA) is 24.1 Å². The summed E-state index contributed by atoms with van der Waals surface area (Å²) in [5, 5.41) is 7.36. The van der Waals surface area contributed by atoms with E-state index in [2.05, 4.69) is 79.9 Å². The van der Waals surface area contributed by atoms with E-state index in [-0.39, 0.29) is 0 Å². The van der Waals surface area contributed by atoms with Crippen molar-refractivity contribution in [2.75, 3.05) is 11.9 Å². The van der Waals surface area contributed by atoms with Crippen LogP contribution in [0.2, 0.25) is 0 Å². The monoisotopic (exact) mass is 326 g/mol. The van der Waals surface area contributed by atoms with Crippen LogP contribution in [0.15, 0.2) is 48.5 Å². The first-order valence-corrected chi connectivity index (χ1v) is 8.65. The second kappa shape index (κ2) is 8.68. The number of nitrogens with one attached hydrogen (secondary N) is 2. The van der Waals surface area contributed by atoms with Gasteiger partial charge in [0, 0.05) is 12.2 Å². The second-order valence-corrected chi connectivity index (χ2v) is 6.53. The molecule has 0 heterocycles. The highest BCUT2D eigenvalue weighted by atomic mass is 32.1. The molecule has 0 fully saturated rings. The molecule has 0 saturated carbocycles. The van der Waals surface area contributed by atoms with Crippen molar-refractivity contribution < 1.29 is 0 Å². The van der Waals surface area contributed by atoms with Crippen molar-refractivity contribution >= 4 is 23.0 Å². The Bertz CT molecular complexity index is 637. The number of aryl methyl sites for hydroxylation is 2. The maximum Gasteiger partial charge on any atom is 0.170 e. The molecule has 2 aromatic carbocycles. The molecule has 2 rings (SSSR count). The zero-order valence-corrected chi connectivity index (χ0v) is 15.0. The molecule has 2 N–H and O–H groups in total. The largest absolute Gasteiger partial charge is 0.362 e. The van der Waals surface area contributed by atoms with Gasteiger partial charge in [-0.1, -0.05) is 61.4 Å². The van der Waals surface area contributed by atoms with Gasteiger partial charge < -0.3 is 10.6 Å². The molecule has 0 spiro atoms. The summed E-state index contributed by atoms with van der Waals surface area (Å²) < 4.78 is 0. The lowest BCUT2D eigenvalue weighted by molar-refractivity contribution is 0.498. The summed E-state index contributed by atoms with van der Waals surface area (Å²) >= 11 is 5.44. The third-order valence-corrected chi connectivity index (χ3v) is 4.37. The minimum Gasteiger partial charge on any atom is -0.362 e. The van der Waals surface area contributed by atoms with Gasteiger partial charge >= 0.3 is 0 Å². The Morgan fingerprint density at radius 1 is 1.09 bits per heavy atom. The van der Waals surface area contributed by atoms with Gasteiger partial charge in [0.15, 0.2) is 5.11 Å². The molecule has 0 saturated heterocycles. The van der Waals surface area contributed by atoms with Crippen LogP contribution in [-0.2, 0) is 6.42 Å². The third-order valence-electron chi connectivity index (χ3n) is 4.13. The molecule has 0 amide bonds. The van der Waals surface area contributed by atoms with E-state index in [1.807, 2.05) is 0 Å². The fraction of sp³-hybridized carbons (Fsp3) is 0.350. The van der Waals surface area contributed by atoms with Crippen molar-refractivity contribution in [3.8, 4) is 0 Å². The lowest BCUT2D eigenvalue weighted by Crippen LogP contribution is -2.33. The van der Waals surface area contributed by atoms with E-state index < -0.39 is 0 Å². The molecule has 23 heavy (non-hydrogen) atoms. The molecule has 1 unspecified atom stereocenters. The summed E-state index contributed by atoms with van der Waals surface area (Å²) in [6.45, 7) is 7.32. The highest BCUT2D eigenvalue weighted by Crippen LogP contribution is 2.16. The Morgan fingerprint density at radius 3 is 2.48 bits per heavy atom. The van der Waals surface area contributed by atoms with Gasteiger partial charge in [-0.05, 0) is 55.6 Å². The number of thiocarbonyl (C=S) groups is 1. The van der Waals surface area contributed by atoms with Gasteiger partial charge in [-0.3, -0.25) is 0 Å². The third kappa shape index (κ3) is 5.68. The lowest BCUT2D eigenvalue weighted by Gasteiger charge is -2.18. The highest BCUT2D eigenvalue weighted by Gasteiger charge is 2.09. The van der Waals surface area contributed by atoms with Crippen LogP contribution >= 0.6 is 12.2 Å². The lowest BCUT2D eigenvalue weighted by atomic mass is 9.97. The predicted molar refractivity (Wildman–Crippen MR) is 104 cm³/mol. The van der Waals surface area contributed by atoms with Crippen LogP contribution in [0.4, 0.5) is 5.69 Å². The molecular formula is C20H26N2S. The summed E-state index contributed by atoms with van der Waals surface area (Å²) in [6.07, 6.45) is 2.21. The van der Waals surface area contributed by atoms with Gasteiger partial charge in [0.05, 0.1) is 0 Å². The van der Waals surface area contributed by atoms with E-state index in [4.69, 9.17) is 12.2 Å². The number of hydrogen-bond donors (Lipinski definition) is 2. The quantitative estimate of drug-likeness (QED) is 0.741. The number of rotatable bonds is 6. The van der Waals surface area contributed by atoms with Crippen molar-refractivity contribution in [2.24, 2.45) is 5.92 Å². The maximum absolute atomic E-state index is 5.44. The number of benzene rings is 2. The molecule has 0 aromatic heterocycles.